The molecule has 0 aliphatic rings. The van der Waals surface area contributed by atoms with Gasteiger partial charge < -0.3 is 14.7 Å². The van der Waals surface area contributed by atoms with E-state index in [1.807, 2.05) is 0 Å². The van der Waals surface area contributed by atoms with Gasteiger partial charge in [-0.2, -0.15) is 13.2 Å². The Morgan fingerprint density at radius 3 is 2.62 bits per heavy atom. The van der Waals surface area contributed by atoms with Gasteiger partial charge in [-0.3, -0.25) is 4.79 Å². The van der Waals surface area contributed by atoms with Crippen LogP contribution in [0, 0.1) is 5.82 Å². The van der Waals surface area contributed by atoms with Crippen LogP contribution < -0.4 is 4.74 Å². The summed E-state index contributed by atoms with van der Waals surface area (Å²) in [5.74, 6) is -1.49. The number of nitrogens with zero attached hydrogens (tertiary/aromatic N) is 1. The van der Waals surface area contributed by atoms with Crippen LogP contribution in [-0.2, 0) is 4.79 Å². The molecule has 4 nitrogen and oxygen atoms in total. The summed E-state index contributed by atoms with van der Waals surface area (Å²) in [6.45, 7) is -1.29. The Labute approximate surface area is 118 Å². The van der Waals surface area contributed by atoms with E-state index in [-0.39, 0.29) is 5.75 Å². The predicted molar refractivity (Wildman–Crippen MR) is 66.2 cm³/mol. The number of carbonyl (C=O) groups excluding carboxylic acids is 1. The molecule has 8 heteroatoms. The van der Waals surface area contributed by atoms with Crippen molar-refractivity contribution in [2.24, 2.45) is 0 Å². The van der Waals surface area contributed by atoms with Crippen LogP contribution >= 0.6 is 0 Å². The molecule has 0 bridgehead atoms. The number of ether oxygens (including phenoxy) is 1. The molecule has 1 N–H and O–H groups in total. The van der Waals surface area contributed by atoms with Crippen LogP contribution in [0.3, 0.4) is 0 Å². The Morgan fingerprint density at radius 2 is 2.10 bits per heavy atom. The van der Waals surface area contributed by atoms with Gasteiger partial charge in [0.15, 0.2) is 6.10 Å². The second-order valence-corrected chi connectivity index (χ2v) is 4.32. The van der Waals surface area contributed by atoms with Crippen molar-refractivity contribution in [3.8, 4) is 5.75 Å². The number of hydrogen-bond acceptors (Lipinski definition) is 3. The van der Waals surface area contributed by atoms with E-state index in [2.05, 4.69) is 0 Å². The molecule has 1 aromatic carbocycles. The van der Waals surface area contributed by atoms with Crippen LogP contribution in [0.2, 0.25) is 0 Å². The molecule has 0 saturated carbocycles. The molecule has 21 heavy (non-hydrogen) atoms. The number of benzene rings is 1. The maximum absolute atomic E-state index is 13.0. The van der Waals surface area contributed by atoms with E-state index in [0.29, 0.717) is 4.90 Å². The fourth-order valence-electron chi connectivity index (χ4n) is 1.66. The van der Waals surface area contributed by atoms with Crippen LogP contribution in [0.1, 0.15) is 6.92 Å². The topological polar surface area (TPSA) is 49.8 Å². The summed E-state index contributed by atoms with van der Waals surface area (Å²) in [4.78, 5) is 12.3. The zero-order valence-electron chi connectivity index (χ0n) is 11.2. The lowest BCUT2D eigenvalue weighted by atomic mass is 10.3. The van der Waals surface area contributed by atoms with Gasteiger partial charge in [-0.25, -0.2) is 4.39 Å². The minimum absolute atomic E-state index is 0.0341. The van der Waals surface area contributed by atoms with Gasteiger partial charge in [0.1, 0.15) is 18.1 Å². The third-order valence-electron chi connectivity index (χ3n) is 2.51. The maximum atomic E-state index is 13.0. The van der Waals surface area contributed by atoms with Crippen molar-refractivity contribution in [2.45, 2.75) is 19.2 Å². The number of aliphatic hydroxyl groups excluding tert-OH is 1. The van der Waals surface area contributed by atoms with E-state index < -0.39 is 43.7 Å². The largest absolute Gasteiger partial charge is 0.481 e. The molecule has 1 unspecified atom stereocenters. The Hall–Kier alpha value is -1.83. The lowest BCUT2D eigenvalue weighted by molar-refractivity contribution is -0.165. The van der Waals surface area contributed by atoms with E-state index in [1.165, 1.54) is 25.1 Å². The number of hydrogen-bond donors (Lipinski definition) is 1. The molecule has 1 atom stereocenters. The predicted octanol–water partition coefficient (Wildman–Crippen LogP) is 1.98. The van der Waals surface area contributed by atoms with E-state index in [0.717, 1.165) is 6.07 Å². The van der Waals surface area contributed by atoms with Gasteiger partial charge in [0.25, 0.3) is 5.91 Å². The van der Waals surface area contributed by atoms with Gasteiger partial charge in [-0.05, 0) is 19.1 Å². The third-order valence-corrected chi connectivity index (χ3v) is 2.51. The highest BCUT2D eigenvalue weighted by atomic mass is 19.4. The first-order valence-corrected chi connectivity index (χ1v) is 6.11. The first kappa shape index (κ1) is 17.2. The van der Waals surface area contributed by atoms with E-state index in [4.69, 9.17) is 9.84 Å². The Balaban J connectivity index is 2.73. The van der Waals surface area contributed by atoms with Crippen molar-refractivity contribution in [3.63, 3.8) is 0 Å². The zero-order valence-corrected chi connectivity index (χ0v) is 11.2. The van der Waals surface area contributed by atoms with Crippen LogP contribution in [0.15, 0.2) is 24.3 Å². The molecule has 0 fully saturated rings. The fourth-order valence-corrected chi connectivity index (χ4v) is 1.66. The number of amides is 1. The average Bonchev–Trinajstić information content (AvgIpc) is 2.35. The monoisotopic (exact) mass is 309 g/mol. The normalized spacial score (nSPS) is 12.9. The van der Waals surface area contributed by atoms with Gasteiger partial charge in [0, 0.05) is 12.6 Å². The molecule has 0 radical (unpaired) electrons. The second kappa shape index (κ2) is 7.26. The quantitative estimate of drug-likeness (QED) is 0.818. The maximum Gasteiger partial charge on any atom is 0.406 e. The molecule has 1 rings (SSSR count). The molecule has 1 amide bonds. The highest BCUT2D eigenvalue weighted by Gasteiger charge is 2.34. The summed E-state index contributed by atoms with van der Waals surface area (Å²) in [6, 6.07) is 4.92. The van der Waals surface area contributed by atoms with Crippen molar-refractivity contribution in [1.29, 1.82) is 0 Å². The van der Waals surface area contributed by atoms with Crippen molar-refractivity contribution < 1.29 is 32.2 Å². The Kier molecular flexibility index (Phi) is 5.95. The second-order valence-electron chi connectivity index (χ2n) is 4.32. The molecule has 0 aliphatic carbocycles. The van der Waals surface area contributed by atoms with Crippen molar-refractivity contribution in [2.75, 3.05) is 19.7 Å². The summed E-state index contributed by atoms with van der Waals surface area (Å²) in [6.07, 6.45) is -5.82. The Bertz CT molecular complexity index is 479. The van der Waals surface area contributed by atoms with Gasteiger partial charge in [-0.1, -0.05) is 6.07 Å². The van der Waals surface area contributed by atoms with Crippen LogP contribution in [0.5, 0.6) is 5.75 Å². The summed E-state index contributed by atoms with van der Waals surface area (Å²) < 4.78 is 55.2. The summed E-state index contributed by atoms with van der Waals surface area (Å²) in [5.41, 5.74) is 0. The number of halogens is 4. The van der Waals surface area contributed by atoms with Crippen LogP contribution in [0.25, 0.3) is 0 Å². The Morgan fingerprint density at radius 1 is 1.43 bits per heavy atom. The van der Waals surface area contributed by atoms with E-state index in [9.17, 15) is 22.4 Å². The minimum Gasteiger partial charge on any atom is -0.481 e. The molecule has 1 aromatic rings. The lowest BCUT2D eigenvalue weighted by Crippen LogP contribution is -2.46. The highest BCUT2D eigenvalue weighted by molar-refractivity contribution is 5.81. The summed E-state index contributed by atoms with van der Waals surface area (Å²) in [7, 11) is 0. The summed E-state index contributed by atoms with van der Waals surface area (Å²) in [5, 5.41) is 8.74. The smallest absolute Gasteiger partial charge is 0.406 e. The van der Waals surface area contributed by atoms with Crippen molar-refractivity contribution >= 4 is 5.91 Å². The standard InChI is InChI=1S/C13H15F4NO3/c1-9(21-11-4-2-3-10(14)7-11)12(20)18(5-6-19)8-13(15,16)17/h2-4,7,9,19H,5-6,8H2,1H3. The molecule has 0 spiro atoms. The van der Waals surface area contributed by atoms with Crippen molar-refractivity contribution in [3.05, 3.63) is 30.1 Å². The zero-order chi connectivity index (χ0) is 16.0. The summed E-state index contributed by atoms with van der Waals surface area (Å²) >= 11 is 0. The van der Waals surface area contributed by atoms with Gasteiger partial charge >= 0.3 is 6.18 Å². The van der Waals surface area contributed by atoms with Gasteiger partial charge in [-0.15, -0.1) is 0 Å². The number of rotatable bonds is 6. The molecular formula is C13H15F4NO3. The number of carbonyl (C=O) groups is 1. The average molecular weight is 309 g/mol. The van der Waals surface area contributed by atoms with Crippen LogP contribution in [-0.4, -0.2) is 47.9 Å². The SMILES string of the molecule is CC(Oc1cccc(F)c1)C(=O)N(CCO)CC(F)(F)F. The molecule has 0 saturated heterocycles. The van der Waals surface area contributed by atoms with E-state index >= 15 is 0 Å². The molecule has 0 aromatic heterocycles. The van der Waals surface area contributed by atoms with Crippen molar-refractivity contribution in [1.82, 2.24) is 4.90 Å². The van der Waals surface area contributed by atoms with Gasteiger partial charge in [0.2, 0.25) is 0 Å². The molecule has 0 aliphatic heterocycles. The molecule has 118 valence electrons. The first-order valence-electron chi connectivity index (χ1n) is 6.11. The number of alkyl halides is 3. The van der Waals surface area contributed by atoms with Crippen LogP contribution in [0.4, 0.5) is 17.6 Å². The highest BCUT2D eigenvalue weighted by Crippen LogP contribution is 2.19. The minimum atomic E-state index is -4.58. The van der Waals surface area contributed by atoms with E-state index in [1.54, 1.807) is 0 Å². The fraction of sp³-hybridized carbons (Fsp3) is 0.462. The molecule has 0 heterocycles. The van der Waals surface area contributed by atoms with Gasteiger partial charge in [0.05, 0.1) is 6.61 Å². The number of aliphatic hydroxyl groups is 1. The molecular weight excluding hydrogens is 294 g/mol. The first-order chi connectivity index (χ1) is 9.73. The lowest BCUT2D eigenvalue weighted by Gasteiger charge is -2.26. The third kappa shape index (κ3) is 5.99.